The molecule has 0 radical (unpaired) electrons. The number of hydrazine groups is 1. The Kier molecular flexibility index (Phi) is 17.9. The number of aliphatic imine (C=N–C) groups is 1. The van der Waals surface area contributed by atoms with E-state index in [4.69, 9.17) is 26.1 Å². The van der Waals surface area contributed by atoms with Crippen LogP contribution in [-0.4, -0.2) is 142 Å². The Morgan fingerprint density at radius 2 is 1.72 bits per heavy atom. The van der Waals surface area contributed by atoms with E-state index in [1.807, 2.05) is 32.5 Å². The van der Waals surface area contributed by atoms with Gasteiger partial charge >= 0.3 is 5.97 Å². The first kappa shape index (κ1) is 56.5. The summed E-state index contributed by atoms with van der Waals surface area (Å²) in [6.07, 6.45) is 5.76. The second-order valence-electron chi connectivity index (χ2n) is 24.1. The summed E-state index contributed by atoms with van der Waals surface area (Å²) in [6.45, 7) is 31.5. The molecule has 1 saturated carbocycles. The van der Waals surface area contributed by atoms with E-state index in [9.17, 15) is 14.9 Å². The Hall–Kier alpha value is -3.74. The summed E-state index contributed by atoms with van der Waals surface area (Å²) in [5.74, 6) is 7.85. The number of amides is 1. The monoisotopic (exact) mass is 1050 g/mol. The molecule has 10 atom stereocenters. The second-order valence-corrected chi connectivity index (χ2v) is 26.0. The van der Waals surface area contributed by atoms with Gasteiger partial charge in [-0.2, -0.15) is 5.26 Å². The highest BCUT2D eigenvalue weighted by Crippen LogP contribution is 2.56. The first-order valence-corrected chi connectivity index (χ1v) is 28.9. The number of fused-ring (bicyclic) bond motifs is 3. The van der Waals surface area contributed by atoms with Crippen molar-refractivity contribution >= 4 is 41.0 Å². The van der Waals surface area contributed by atoms with Crippen molar-refractivity contribution in [3.63, 3.8) is 0 Å². The van der Waals surface area contributed by atoms with Crippen molar-refractivity contribution in [2.75, 3.05) is 45.8 Å². The van der Waals surface area contributed by atoms with Gasteiger partial charge in [0.05, 0.1) is 53.2 Å². The number of hydrogen-bond donors (Lipinski definition) is 4. The number of esters is 1. The van der Waals surface area contributed by atoms with Gasteiger partial charge in [0.1, 0.15) is 29.8 Å². The summed E-state index contributed by atoms with van der Waals surface area (Å²) < 4.78 is 12.3. The molecule has 6 aliphatic rings. The normalized spacial score (nSPS) is 31.6. The number of nitrogens with one attached hydrogen (secondary N) is 4. The van der Waals surface area contributed by atoms with Crippen LogP contribution >= 0.6 is 23.4 Å². The molecule has 404 valence electrons. The van der Waals surface area contributed by atoms with Crippen molar-refractivity contribution in [2.45, 2.75) is 181 Å². The zero-order valence-electron chi connectivity index (χ0n) is 46.3. The molecule has 4 saturated heterocycles. The minimum absolute atomic E-state index is 0.0640. The second kappa shape index (κ2) is 23.5. The minimum atomic E-state index is -0.569. The molecule has 0 bridgehead atoms. The number of rotatable bonds is 15. The lowest BCUT2D eigenvalue weighted by Crippen LogP contribution is -2.76. The molecule has 0 spiro atoms. The van der Waals surface area contributed by atoms with Crippen molar-refractivity contribution in [3.05, 3.63) is 64.2 Å². The van der Waals surface area contributed by atoms with E-state index in [1.54, 1.807) is 18.2 Å². The van der Waals surface area contributed by atoms with Gasteiger partial charge in [0.25, 0.3) is 0 Å². The highest BCUT2D eigenvalue weighted by Gasteiger charge is 2.64. The number of carbonyl (C=O) groups is 2. The Morgan fingerprint density at radius 1 is 1.00 bits per heavy atom. The molecule has 74 heavy (non-hydrogen) atoms. The first-order valence-electron chi connectivity index (χ1n) is 27.6. The molecule has 16 heteroatoms. The third-order valence-electron chi connectivity index (χ3n) is 16.9. The van der Waals surface area contributed by atoms with Gasteiger partial charge in [-0.3, -0.25) is 39.5 Å². The first-order chi connectivity index (χ1) is 35.1. The van der Waals surface area contributed by atoms with E-state index in [0.717, 1.165) is 55.9 Å². The number of carbonyl (C=O) groups excluding carboxylic acids is 2. The van der Waals surface area contributed by atoms with Gasteiger partial charge in [0.2, 0.25) is 5.91 Å². The maximum atomic E-state index is 14.4. The predicted molar refractivity (Wildman–Crippen MR) is 297 cm³/mol. The van der Waals surface area contributed by atoms with Crippen LogP contribution in [0.3, 0.4) is 0 Å². The van der Waals surface area contributed by atoms with Gasteiger partial charge in [-0.25, -0.2) is 10.9 Å². The topological polar surface area (TPSA) is 150 Å². The van der Waals surface area contributed by atoms with Gasteiger partial charge < -0.3 is 14.8 Å². The summed E-state index contributed by atoms with van der Waals surface area (Å²) in [5.41, 5.74) is 9.24. The summed E-state index contributed by atoms with van der Waals surface area (Å²) in [4.78, 5) is 43.3. The number of benzene rings is 2. The standard InChI is InChI=1S/C58H85ClN10O4S/c1-13-15-16-19-43(14-2)68-35-42(51(71)63-53-57(9,10)54(58(53,11)12)72-44-25-24-41(33-60)45(59)31-44)34-61-55(68)67-29-27-66(28-30-67)26-17-18-39-20-22-40(23-21-39)49-48-36(3)37(4)74-52(48)69-38(5)64-65-50(69)46(62-49)32-47(70)73-56(6,7)8/h20-25,31,36-38,42-43,46,48,50,52-55,61,64-65H,13-16,19,26-30,32,34-35H2,1-12H3,(H,63,71)/t36?,37?,38?,42?,43?,46-,48?,50?,52?,53?,54?,55?/m0/s1. The molecule has 4 N–H and O–H groups in total. The number of halogens is 1. The van der Waals surface area contributed by atoms with Gasteiger partial charge in [-0.1, -0.05) is 110 Å². The zero-order chi connectivity index (χ0) is 53.3. The number of hydrogen-bond acceptors (Lipinski definition) is 14. The predicted octanol–water partition coefficient (Wildman–Crippen LogP) is 8.04. The van der Waals surface area contributed by atoms with Gasteiger partial charge in [0, 0.05) is 90.7 Å². The molecular formula is C58H85ClN10O4S. The molecule has 14 nitrogen and oxygen atoms in total. The van der Waals surface area contributed by atoms with Crippen LogP contribution in [0.25, 0.3) is 0 Å². The van der Waals surface area contributed by atoms with E-state index in [2.05, 4.69) is 146 Å². The van der Waals surface area contributed by atoms with Crippen molar-refractivity contribution in [1.29, 1.82) is 5.26 Å². The lowest BCUT2D eigenvalue weighted by atomic mass is 9.49. The Balaban J connectivity index is 0.891. The number of thioether (sulfide) groups is 1. The Labute approximate surface area is 452 Å². The molecule has 2 aromatic rings. The fraction of sp³-hybridized carbons (Fsp3) is 0.690. The molecule has 9 unspecified atom stereocenters. The molecule has 1 aliphatic carbocycles. The third kappa shape index (κ3) is 12.2. The van der Waals surface area contributed by atoms with Crippen molar-refractivity contribution in [1.82, 2.24) is 41.1 Å². The molecule has 5 heterocycles. The van der Waals surface area contributed by atoms with E-state index < -0.39 is 5.60 Å². The van der Waals surface area contributed by atoms with E-state index in [-0.39, 0.29) is 83.1 Å². The number of nitrogens with zero attached hydrogens (tertiary/aromatic N) is 6. The minimum Gasteiger partial charge on any atom is -0.489 e. The summed E-state index contributed by atoms with van der Waals surface area (Å²) >= 11 is 8.38. The zero-order valence-corrected chi connectivity index (χ0v) is 47.8. The van der Waals surface area contributed by atoms with E-state index in [1.165, 1.54) is 19.3 Å². The van der Waals surface area contributed by atoms with Gasteiger partial charge in [-0.15, -0.1) is 11.8 Å². The van der Waals surface area contributed by atoms with Crippen molar-refractivity contribution in [3.8, 4) is 23.7 Å². The number of piperazine rings is 1. The van der Waals surface area contributed by atoms with Crippen LogP contribution in [0.4, 0.5) is 0 Å². The Morgan fingerprint density at radius 3 is 2.36 bits per heavy atom. The van der Waals surface area contributed by atoms with Crippen LogP contribution in [0, 0.1) is 51.8 Å². The van der Waals surface area contributed by atoms with Gasteiger partial charge in [0.15, 0.2) is 0 Å². The highest BCUT2D eigenvalue weighted by molar-refractivity contribution is 8.00. The smallest absolute Gasteiger partial charge is 0.308 e. The van der Waals surface area contributed by atoms with Crippen LogP contribution in [-0.2, 0) is 14.3 Å². The van der Waals surface area contributed by atoms with Crippen LogP contribution in [0.1, 0.15) is 138 Å². The third-order valence-corrected chi connectivity index (χ3v) is 18.9. The summed E-state index contributed by atoms with van der Waals surface area (Å²) in [6, 6.07) is 15.9. The molecule has 2 aromatic carbocycles. The molecule has 5 aliphatic heterocycles. The van der Waals surface area contributed by atoms with E-state index >= 15 is 0 Å². The number of unbranched alkanes of at least 4 members (excludes halogenated alkanes) is 2. The Bertz CT molecular complexity index is 2420. The van der Waals surface area contributed by atoms with Crippen LogP contribution in [0.5, 0.6) is 5.75 Å². The number of ether oxygens (including phenoxy) is 2. The molecule has 0 aromatic heterocycles. The molecule has 5 fully saturated rings. The molecule has 1 amide bonds. The van der Waals surface area contributed by atoms with Crippen LogP contribution < -0.4 is 26.2 Å². The average Bonchev–Trinajstić information content (AvgIpc) is 3.84. The highest BCUT2D eigenvalue weighted by atomic mass is 35.5. The lowest BCUT2D eigenvalue weighted by molar-refractivity contribution is -0.176. The average molecular weight is 1050 g/mol. The van der Waals surface area contributed by atoms with Crippen LogP contribution in [0.2, 0.25) is 5.02 Å². The SMILES string of the molecule is CCCCCC(CC)N1CC(C(=O)NC2C(C)(C)C(Oc3ccc(C#N)c(Cl)c3)C2(C)C)CNC1N1CCN(CC#Cc2ccc(C3=N[C@@H](CC(=O)OC(C)(C)C)C4NNC(C)N4C4SC(C)C(C)C34)cc2)CC1. The quantitative estimate of drug-likeness (QED) is 0.0776. The maximum Gasteiger partial charge on any atom is 0.308 e. The number of nitriles is 1. The lowest BCUT2D eigenvalue weighted by Gasteiger charge is -2.63. The summed E-state index contributed by atoms with van der Waals surface area (Å²) in [5, 5.41) is 17.8. The molecular weight excluding hydrogens is 968 g/mol. The maximum absolute atomic E-state index is 14.4. The fourth-order valence-electron chi connectivity index (χ4n) is 13.1. The van der Waals surface area contributed by atoms with Crippen LogP contribution in [0.15, 0.2) is 47.5 Å². The van der Waals surface area contributed by atoms with Gasteiger partial charge in [-0.05, 0) is 76.3 Å². The summed E-state index contributed by atoms with van der Waals surface area (Å²) in [7, 11) is 0. The molecule has 8 rings (SSSR count). The van der Waals surface area contributed by atoms with Crippen molar-refractivity contribution in [2.24, 2.45) is 33.6 Å². The fourth-order valence-corrected chi connectivity index (χ4v) is 15.2. The van der Waals surface area contributed by atoms with Crippen molar-refractivity contribution < 1.29 is 19.1 Å². The largest absolute Gasteiger partial charge is 0.489 e. The van der Waals surface area contributed by atoms with E-state index in [0.29, 0.717) is 53.2 Å².